The van der Waals surface area contributed by atoms with E-state index in [4.69, 9.17) is 18.6 Å². The molecule has 0 fully saturated rings. The van der Waals surface area contributed by atoms with Gasteiger partial charge in [-0.25, -0.2) is 0 Å². The van der Waals surface area contributed by atoms with Crippen molar-refractivity contribution in [3.05, 3.63) is 33.9 Å². The number of rotatable bonds is 16. The van der Waals surface area contributed by atoms with E-state index >= 15 is 0 Å². The molecule has 0 saturated heterocycles. The van der Waals surface area contributed by atoms with Crippen LogP contribution in [0, 0.1) is 5.41 Å². The van der Waals surface area contributed by atoms with Gasteiger partial charge in [0.2, 0.25) is 11.2 Å². The molecule has 196 valence electrons. The number of ketones is 1. The molecule has 0 aliphatic rings. The minimum Gasteiger partial charge on any atom is -0.486 e. The maximum Gasteiger partial charge on any atom is 0.311 e. The molecule has 1 rings (SSSR count). The molecule has 35 heavy (non-hydrogen) atoms. The predicted molar refractivity (Wildman–Crippen MR) is 133 cm³/mol. The zero-order valence-corrected chi connectivity index (χ0v) is 21.8. The molecule has 1 heterocycles. The van der Waals surface area contributed by atoms with E-state index in [0.717, 1.165) is 25.7 Å². The van der Waals surface area contributed by atoms with Gasteiger partial charge in [0.15, 0.2) is 11.5 Å². The molecule has 8 nitrogen and oxygen atoms in total. The van der Waals surface area contributed by atoms with Crippen LogP contribution in [-0.2, 0) is 30.5 Å². The predicted octanol–water partition coefficient (Wildman–Crippen LogP) is 5.39. The highest BCUT2D eigenvalue weighted by Crippen LogP contribution is 2.21. The van der Waals surface area contributed by atoms with Crippen LogP contribution in [0.4, 0.5) is 0 Å². The highest BCUT2D eigenvalue weighted by atomic mass is 16.5. The second-order valence-corrected chi connectivity index (χ2v) is 9.32. The number of allylic oxidation sites excluding steroid dienone is 1. The molecular weight excluding hydrogens is 452 g/mol. The smallest absolute Gasteiger partial charge is 0.311 e. The number of unbranched alkanes of at least 4 members (excludes halogenated alkanes) is 4. The van der Waals surface area contributed by atoms with Crippen LogP contribution in [-0.4, -0.2) is 30.9 Å². The molecule has 0 spiro atoms. The van der Waals surface area contributed by atoms with Gasteiger partial charge in [0.25, 0.3) is 0 Å². The fourth-order valence-corrected chi connectivity index (χ4v) is 2.98. The molecule has 1 aromatic heterocycles. The van der Waals surface area contributed by atoms with E-state index in [9.17, 15) is 19.2 Å². The molecule has 0 radical (unpaired) electrons. The van der Waals surface area contributed by atoms with Crippen molar-refractivity contribution in [3.63, 3.8) is 0 Å². The first-order valence-corrected chi connectivity index (χ1v) is 12.4. The van der Waals surface area contributed by atoms with Crippen molar-refractivity contribution in [1.29, 1.82) is 0 Å². The molecular formula is C27H40O8. The Morgan fingerprint density at radius 1 is 0.971 bits per heavy atom. The second kappa shape index (κ2) is 15.9. The molecule has 0 aliphatic carbocycles. The Labute approximate surface area is 208 Å². The summed E-state index contributed by atoms with van der Waals surface area (Å²) in [5, 5.41) is 0. The van der Waals surface area contributed by atoms with Gasteiger partial charge in [-0.2, -0.15) is 0 Å². The summed E-state index contributed by atoms with van der Waals surface area (Å²) in [5.74, 6) is -0.462. The quantitative estimate of drug-likeness (QED) is 0.172. The Morgan fingerprint density at radius 2 is 1.69 bits per heavy atom. The molecule has 0 saturated carbocycles. The van der Waals surface area contributed by atoms with Gasteiger partial charge in [0.05, 0.1) is 18.6 Å². The minimum atomic E-state index is -0.690. The van der Waals surface area contributed by atoms with Crippen molar-refractivity contribution in [2.45, 2.75) is 92.6 Å². The van der Waals surface area contributed by atoms with Crippen LogP contribution in [0.5, 0.6) is 5.75 Å². The summed E-state index contributed by atoms with van der Waals surface area (Å²) in [7, 11) is 0. The third-order valence-corrected chi connectivity index (χ3v) is 4.96. The van der Waals surface area contributed by atoms with Gasteiger partial charge < -0.3 is 18.6 Å². The first kappa shape index (κ1) is 30.1. The van der Waals surface area contributed by atoms with E-state index < -0.39 is 16.8 Å². The van der Waals surface area contributed by atoms with Crippen molar-refractivity contribution in [2.75, 3.05) is 13.2 Å². The number of ether oxygens (including phenoxy) is 3. The van der Waals surface area contributed by atoms with Gasteiger partial charge in [-0.05, 0) is 65.5 Å². The fraction of sp³-hybridized carbons (Fsp3) is 0.630. The van der Waals surface area contributed by atoms with Crippen LogP contribution in [0.25, 0.3) is 6.08 Å². The van der Waals surface area contributed by atoms with E-state index in [1.165, 1.54) is 18.2 Å². The first-order valence-electron chi connectivity index (χ1n) is 12.4. The summed E-state index contributed by atoms with van der Waals surface area (Å²) in [4.78, 5) is 48.4. The summed E-state index contributed by atoms with van der Waals surface area (Å²) < 4.78 is 21.6. The van der Waals surface area contributed by atoms with Gasteiger partial charge in [-0.1, -0.05) is 19.8 Å². The van der Waals surface area contributed by atoms with Crippen LogP contribution in [0.1, 0.15) is 97.5 Å². The number of carbonyl (C=O) groups excluding carboxylic acids is 3. The Kier molecular flexibility index (Phi) is 13.7. The zero-order valence-electron chi connectivity index (χ0n) is 21.8. The van der Waals surface area contributed by atoms with E-state index in [1.54, 1.807) is 27.7 Å². The normalized spacial score (nSPS) is 11.5. The molecule has 0 amide bonds. The maximum atomic E-state index is 12.7. The van der Waals surface area contributed by atoms with E-state index in [2.05, 4.69) is 6.92 Å². The number of esters is 2. The van der Waals surface area contributed by atoms with E-state index in [1.807, 2.05) is 0 Å². The average Bonchev–Trinajstić information content (AvgIpc) is 2.79. The van der Waals surface area contributed by atoms with Crippen molar-refractivity contribution >= 4 is 23.8 Å². The summed E-state index contributed by atoms with van der Waals surface area (Å²) in [5.41, 5.74) is -1.12. The largest absolute Gasteiger partial charge is 0.486 e. The van der Waals surface area contributed by atoms with Gasteiger partial charge in [0.1, 0.15) is 12.4 Å². The third kappa shape index (κ3) is 12.4. The highest BCUT2D eigenvalue weighted by molar-refractivity contribution is 5.93. The zero-order chi connectivity index (χ0) is 26.3. The molecule has 0 atom stereocenters. The van der Waals surface area contributed by atoms with Crippen LogP contribution in [0.3, 0.4) is 0 Å². The molecule has 0 bridgehead atoms. The van der Waals surface area contributed by atoms with Crippen molar-refractivity contribution in [3.8, 4) is 5.75 Å². The standard InChI is InChI=1S/C27H40O8/c1-6-8-10-13-20(28)15-16-23-25(33-17-12-9-11-14-24(30)32-7-2)22(29)18-21(35-23)19-34-26(31)27(3,4)5/h15-16,18H,6-14,17,19H2,1-5H3/b16-15+. The molecule has 1 aromatic rings. The minimum absolute atomic E-state index is 0.00102. The lowest BCUT2D eigenvalue weighted by atomic mass is 9.97. The van der Waals surface area contributed by atoms with Crippen molar-refractivity contribution in [2.24, 2.45) is 5.41 Å². The molecule has 0 N–H and O–H groups in total. The second-order valence-electron chi connectivity index (χ2n) is 9.32. The van der Waals surface area contributed by atoms with Crippen molar-refractivity contribution < 1.29 is 33.0 Å². The summed E-state index contributed by atoms with van der Waals surface area (Å²) in [6, 6.07) is 1.23. The maximum absolute atomic E-state index is 12.7. The lowest BCUT2D eigenvalue weighted by molar-refractivity contribution is -0.155. The highest BCUT2D eigenvalue weighted by Gasteiger charge is 2.23. The SMILES string of the molecule is CCCCCC(=O)/C=C/c1oc(COC(=O)C(C)(C)C)cc(=O)c1OCCCCCC(=O)OCC. The Balaban J connectivity index is 2.88. The summed E-state index contributed by atoms with van der Waals surface area (Å²) in [6.07, 6.45) is 8.35. The number of hydrogen-bond acceptors (Lipinski definition) is 8. The molecule has 0 unspecified atom stereocenters. The van der Waals surface area contributed by atoms with Gasteiger partial charge in [-0.3, -0.25) is 19.2 Å². The van der Waals surface area contributed by atoms with Gasteiger partial charge >= 0.3 is 11.9 Å². The molecule has 8 heteroatoms. The number of carbonyl (C=O) groups is 3. The van der Waals surface area contributed by atoms with Gasteiger partial charge in [0, 0.05) is 18.9 Å². The molecule has 0 aliphatic heterocycles. The monoisotopic (exact) mass is 492 g/mol. The van der Waals surface area contributed by atoms with E-state index in [-0.39, 0.29) is 42.2 Å². The van der Waals surface area contributed by atoms with E-state index in [0.29, 0.717) is 32.3 Å². The lowest BCUT2D eigenvalue weighted by Gasteiger charge is -2.16. The lowest BCUT2D eigenvalue weighted by Crippen LogP contribution is -2.23. The molecule has 0 aromatic carbocycles. The summed E-state index contributed by atoms with van der Waals surface area (Å²) >= 11 is 0. The van der Waals surface area contributed by atoms with Crippen LogP contribution < -0.4 is 10.2 Å². The fourth-order valence-electron chi connectivity index (χ4n) is 2.98. The Hall–Kier alpha value is -2.90. The topological polar surface area (TPSA) is 109 Å². The first-order chi connectivity index (χ1) is 16.6. The third-order valence-electron chi connectivity index (χ3n) is 4.96. The Bertz CT molecular complexity index is 905. The Morgan fingerprint density at radius 3 is 2.34 bits per heavy atom. The van der Waals surface area contributed by atoms with Crippen LogP contribution >= 0.6 is 0 Å². The van der Waals surface area contributed by atoms with Crippen LogP contribution in [0.15, 0.2) is 21.4 Å². The van der Waals surface area contributed by atoms with Crippen LogP contribution in [0.2, 0.25) is 0 Å². The average molecular weight is 493 g/mol. The number of hydrogen-bond donors (Lipinski definition) is 0. The van der Waals surface area contributed by atoms with Crippen molar-refractivity contribution in [1.82, 2.24) is 0 Å². The van der Waals surface area contributed by atoms with Gasteiger partial charge in [-0.15, -0.1) is 0 Å². The summed E-state index contributed by atoms with van der Waals surface area (Å²) in [6.45, 7) is 9.42.